The maximum Gasteiger partial charge on any atom is 0.341 e. The zero-order valence-corrected chi connectivity index (χ0v) is 29.3. The Balaban J connectivity index is 1.28. The minimum absolute atomic E-state index is 0.0445. The molecular formula is C39H39N3O8S+2. The quantitative estimate of drug-likeness (QED) is 0.165. The Hall–Kier alpha value is -4.72. The Kier molecular flexibility index (Phi) is 8.19. The molecule has 0 spiro atoms. The van der Waals surface area contributed by atoms with Crippen molar-refractivity contribution in [2.45, 2.75) is 50.2 Å². The number of carbonyl (C=O) groups excluding carboxylic acids is 3. The van der Waals surface area contributed by atoms with E-state index in [1.807, 2.05) is 80.6 Å². The van der Waals surface area contributed by atoms with Crippen molar-refractivity contribution in [3.05, 3.63) is 113 Å². The van der Waals surface area contributed by atoms with Crippen LogP contribution in [0.2, 0.25) is 0 Å². The average Bonchev–Trinajstić information content (AvgIpc) is 3.48. The van der Waals surface area contributed by atoms with Gasteiger partial charge in [0.15, 0.2) is 22.8 Å². The molecule has 5 aliphatic rings. The van der Waals surface area contributed by atoms with Gasteiger partial charge in [0.25, 0.3) is 0 Å². The Morgan fingerprint density at radius 1 is 0.882 bits per heavy atom. The smallest absolute Gasteiger partial charge is 0.341 e. The number of benzene rings is 3. The maximum absolute atomic E-state index is 15.6. The molecule has 12 heteroatoms. The lowest BCUT2D eigenvalue weighted by molar-refractivity contribution is -0.197. The highest BCUT2D eigenvalue weighted by Crippen LogP contribution is 2.56. The second-order valence-electron chi connectivity index (χ2n) is 13.3. The number of sulfonamides is 1. The number of esters is 1. The number of amides is 2. The number of hydrogen-bond donors (Lipinski definition) is 0. The van der Waals surface area contributed by atoms with E-state index in [0.29, 0.717) is 62.0 Å². The second kappa shape index (κ2) is 12.5. The van der Waals surface area contributed by atoms with Gasteiger partial charge in [0.2, 0.25) is 18.0 Å². The van der Waals surface area contributed by atoms with E-state index in [2.05, 4.69) is 0 Å². The van der Waals surface area contributed by atoms with Crippen molar-refractivity contribution in [3.63, 3.8) is 0 Å². The summed E-state index contributed by atoms with van der Waals surface area (Å²) >= 11 is 0. The second-order valence-corrected chi connectivity index (χ2v) is 15.3. The Labute approximate surface area is 296 Å². The maximum atomic E-state index is 15.6. The topological polar surface area (TPSA) is 116 Å². The summed E-state index contributed by atoms with van der Waals surface area (Å²) in [7, 11) is -4.33. The molecular weight excluding hydrogens is 671 g/mol. The van der Waals surface area contributed by atoms with Gasteiger partial charge < -0.3 is 9.47 Å². The molecule has 0 radical (unpaired) electrons. The monoisotopic (exact) mass is 709 g/mol. The van der Waals surface area contributed by atoms with Crippen LogP contribution in [0.5, 0.6) is 0 Å². The zero-order valence-electron chi connectivity index (χ0n) is 28.5. The van der Waals surface area contributed by atoms with Crippen LogP contribution in [0.1, 0.15) is 50.2 Å². The van der Waals surface area contributed by atoms with Gasteiger partial charge in [-0.15, -0.1) is 8.53 Å². The van der Waals surface area contributed by atoms with E-state index >= 15 is 8.42 Å². The summed E-state index contributed by atoms with van der Waals surface area (Å²) in [6, 6.07) is 21.5. The van der Waals surface area contributed by atoms with Crippen LogP contribution in [0.4, 0.5) is 17.1 Å². The number of nitrogens with zero attached hydrogens (tertiary/aromatic N) is 3. The van der Waals surface area contributed by atoms with Gasteiger partial charge in [-0.1, -0.05) is 36.4 Å². The molecule has 262 valence electrons. The molecule has 2 amide bonds. The number of quaternary nitrogens is 2. The largest absolute Gasteiger partial charge is 0.439 e. The van der Waals surface area contributed by atoms with E-state index < -0.39 is 32.0 Å². The Morgan fingerprint density at radius 3 is 2.22 bits per heavy atom. The molecule has 0 N–H and O–H groups in total. The molecule has 4 aliphatic heterocycles. The number of cyclic esters (lactones) is 1. The van der Waals surface area contributed by atoms with Crippen molar-refractivity contribution >= 4 is 50.4 Å². The van der Waals surface area contributed by atoms with Crippen molar-refractivity contribution in [2.24, 2.45) is 0 Å². The number of allylic oxidation sites excluding steroid dienone is 5. The average molecular weight is 710 g/mol. The molecule has 8 rings (SSSR count). The van der Waals surface area contributed by atoms with Gasteiger partial charge in [-0.3, -0.25) is 14.4 Å². The first kappa shape index (κ1) is 33.4. The van der Waals surface area contributed by atoms with E-state index in [1.54, 1.807) is 12.1 Å². The van der Waals surface area contributed by atoms with Crippen molar-refractivity contribution < 1.29 is 37.1 Å². The standard InChI is InChI=1S/C39H39N3O8S/c1-3-49-41(22-24-48-25-23-41)28-14-16-29(17-15-28)42(33-10-6-4-8-31(33)26(2)32-9-5-7-11-34(32)42)51(46,47)30-18-12-27(13-19-30)37-38(50-39(37)45)40-35(43)20-21-36(40)44/h4-8,10-19,37-38H,3,9,20-25H2,1-2H3/q+2. The molecule has 1 aliphatic carbocycles. The number of morpholine rings is 1. The normalized spacial score (nSPS) is 25.6. The van der Waals surface area contributed by atoms with E-state index in [4.69, 9.17) is 14.3 Å². The summed E-state index contributed by atoms with van der Waals surface area (Å²) in [4.78, 5) is 44.9. The van der Waals surface area contributed by atoms with Gasteiger partial charge in [0.05, 0.1) is 13.2 Å². The highest BCUT2D eigenvalue weighted by atomic mass is 32.2. The van der Waals surface area contributed by atoms with E-state index in [9.17, 15) is 14.4 Å². The molecule has 3 aromatic carbocycles. The van der Waals surface area contributed by atoms with Crippen molar-refractivity contribution in [3.8, 4) is 0 Å². The van der Waals surface area contributed by atoms with Gasteiger partial charge in [-0.25, -0.2) is 4.90 Å². The van der Waals surface area contributed by atoms with Crippen LogP contribution in [0, 0.1) is 0 Å². The van der Waals surface area contributed by atoms with Crippen LogP contribution in [-0.4, -0.2) is 70.2 Å². The molecule has 0 saturated carbocycles. The number of rotatable bonds is 8. The van der Waals surface area contributed by atoms with Crippen molar-refractivity contribution in [1.29, 1.82) is 0 Å². The SMILES string of the molecule is CCO[N+]1(c2ccc([N+]3(S(=O)(=O)c4ccc(C5C(=O)OC5N5C(=O)CCC5=O)cc4)C4=CC=CCC4=C(C)c4ccccc43)cc2)CCOCC1. The number of fused-ring (bicyclic) bond motifs is 2. The number of carbonyl (C=O) groups is 3. The van der Waals surface area contributed by atoms with Crippen LogP contribution in [-0.2, 0) is 38.7 Å². The van der Waals surface area contributed by atoms with Crippen molar-refractivity contribution in [2.75, 3.05) is 32.9 Å². The third kappa shape index (κ3) is 4.92. The van der Waals surface area contributed by atoms with Gasteiger partial charge in [0, 0.05) is 60.4 Å². The van der Waals surface area contributed by atoms with Gasteiger partial charge in [-0.05, 0) is 49.6 Å². The minimum atomic E-state index is -4.33. The highest BCUT2D eigenvalue weighted by molar-refractivity contribution is 7.91. The fourth-order valence-electron chi connectivity index (χ4n) is 8.19. The first-order valence-corrected chi connectivity index (χ1v) is 18.8. The molecule has 3 unspecified atom stereocenters. The third-order valence-corrected chi connectivity index (χ3v) is 12.9. The number of hydrogen-bond acceptors (Lipinski definition) is 8. The van der Waals surface area contributed by atoms with Gasteiger partial charge >= 0.3 is 16.0 Å². The van der Waals surface area contributed by atoms with Crippen LogP contribution >= 0.6 is 0 Å². The van der Waals surface area contributed by atoms with Crippen LogP contribution in [0.3, 0.4) is 0 Å². The molecule has 0 bridgehead atoms. The predicted octanol–water partition coefficient (Wildman–Crippen LogP) is 5.75. The first-order valence-electron chi connectivity index (χ1n) is 17.3. The molecule has 51 heavy (non-hydrogen) atoms. The number of hydroxylamine groups is 2. The third-order valence-electron chi connectivity index (χ3n) is 10.7. The fourth-order valence-corrected chi connectivity index (χ4v) is 10.2. The minimum Gasteiger partial charge on any atom is -0.439 e. The Morgan fingerprint density at radius 2 is 1.55 bits per heavy atom. The summed E-state index contributed by atoms with van der Waals surface area (Å²) in [5.41, 5.74) is 5.96. The number of para-hydroxylation sites is 1. The fraction of sp³-hybridized carbons (Fsp3) is 0.308. The van der Waals surface area contributed by atoms with E-state index in [-0.39, 0.29) is 34.2 Å². The van der Waals surface area contributed by atoms with Crippen LogP contribution in [0.15, 0.2) is 107 Å². The Bertz CT molecular complexity index is 2130. The highest BCUT2D eigenvalue weighted by Gasteiger charge is 2.57. The summed E-state index contributed by atoms with van der Waals surface area (Å²) in [6.45, 7) is 6.89. The number of likely N-dealkylation sites (tertiary alicyclic amines) is 1. The zero-order chi connectivity index (χ0) is 35.5. The summed E-state index contributed by atoms with van der Waals surface area (Å²) in [6.07, 6.45) is 5.51. The molecule has 0 aromatic heterocycles. The van der Waals surface area contributed by atoms with Crippen LogP contribution in [0.25, 0.3) is 5.57 Å². The van der Waals surface area contributed by atoms with Crippen molar-refractivity contribution in [1.82, 2.24) is 13.4 Å². The lowest BCUT2D eigenvalue weighted by Crippen LogP contribution is -2.56. The molecule has 11 nitrogen and oxygen atoms in total. The first-order chi connectivity index (χ1) is 24.6. The molecule has 3 atom stereocenters. The van der Waals surface area contributed by atoms with E-state index in [0.717, 1.165) is 27.3 Å². The van der Waals surface area contributed by atoms with Gasteiger partial charge in [0.1, 0.15) is 30.5 Å². The summed E-state index contributed by atoms with van der Waals surface area (Å²) < 4.78 is 41.9. The van der Waals surface area contributed by atoms with Gasteiger partial charge in [-0.2, -0.15) is 13.3 Å². The van der Waals surface area contributed by atoms with E-state index in [1.165, 1.54) is 12.1 Å². The van der Waals surface area contributed by atoms with Crippen LogP contribution < -0.4 is 8.53 Å². The molecule has 3 fully saturated rings. The number of ether oxygens (including phenoxy) is 2. The molecule has 3 aromatic rings. The predicted molar refractivity (Wildman–Crippen MR) is 190 cm³/mol. The number of imide groups is 1. The molecule has 4 heterocycles. The lowest BCUT2D eigenvalue weighted by atomic mass is 9.87. The lowest BCUT2D eigenvalue weighted by Gasteiger charge is -2.43. The summed E-state index contributed by atoms with van der Waals surface area (Å²) in [5, 5.41) is 0. The molecule has 3 saturated heterocycles. The summed E-state index contributed by atoms with van der Waals surface area (Å²) in [5.74, 6) is -2.25.